The number of fused-ring (bicyclic) bond motifs is 4. The van der Waals surface area contributed by atoms with Crippen LogP contribution in [-0.2, 0) is 24.6 Å². The van der Waals surface area contributed by atoms with E-state index in [9.17, 15) is 29.1 Å². The number of allylic oxidation sites excluding steroid dienone is 2. The molecule has 3 fully saturated rings. The molecule has 0 aromatic heterocycles. The lowest BCUT2D eigenvalue weighted by Crippen LogP contribution is -2.53. The van der Waals surface area contributed by atoms with Gasteiger partial charge in [0.15, 0.2) is 11.5 Å². The fourth-order valence-corrected chi connectivity index (χ4v) is 9.04. The summed E-state index contributed by atoms with van der Waals surface area (Å²) in [5.41, 5.74) is 3.07. The first kappa shape index (κ1) is 31.8. The first-order valence-corrected chi connectivity index (χ1v) is 16.6. The van der Waals surface area contributed by atoms with Gasteiger partial charge in [0.05, 0.1) is 40.4 Å². The van der Waals surface area contributed by atoms with Crippen molar-refractivity contribution in [1.82, 2.24) is 10.1 Å². The van der Waals surface area contributed by atoms with Crippen molar-refractivity contribution in [2.24, 2.45) is 23.7 Å². The van der Waals surface area contributed by atoms with Gasteiger partial charge in [-0.25, -0.2) is 4.39 Å². The molecule has 6 unspecified atom stereocenters. The highest BCUT2D eigenvalue weighted by Gasteiger charge is 2.70. The molecule has 6 atom stereocenters. The lowest BCUT2D eigenvalue weighted by atomic mass is 9.49. The summed E-state index contributed by atoms with van der Waals surface area (Å²) in [5, 5.41) is 22.7. The summed E-state index contributed by atoms with van der Waals surface area (Å²) in [5.74, 6) is -7.89. The number of hydroxylamine groups is 2. The van der Waals surface area contributed by atoms with Crippen LogP contribution in [-0.4, -0.2) is 51.1 Å². The van der Waals surface area contributed by atoms with Gasteiger partial charge in [0, 0.05) is 15.4 Å². The summed E-state index contributed by atoms with van der Waals surface area (Å²) in [6.45, 7) is 0. The largest absolute Gasteiger partial charge is 0.503 e. The predicted octanol–water partition coefficient (Wildman–Crippen LogP) is 6.09. The van der Waals surface area contributed by atoms with Crippen LogP contribution in [0.3, 0.4) is 0 Å². The fourth-order valence-electron chi connectivity index (χ4n) is 7.96. The molecule has 3 aromatic rings. The van der Waals surface area contributed by atoms with Crippen molar-refractivity contribution >= 4 is 72.8 Å². The number of ether oxygens (including phenoxy) is 1. The van der Waals surface area contributed by atoms with E-state index >= 15 is 4.79 Å². The number of carbonyl (C=O) groups excluding carboxylic acids is 4. The number of aromatic hydroxyl groups is 1. The molecule has 0 bridgehead atoms. The van der Waals surface area contributed by atoms with E-state index in [4.69, 9.17) is 16.3 Å². The van der Waals surface area contributed by atoms with Crippen LogP contribution >= 0.6 is 43.5 Å². The smallest absolute Gasteiger partial charge is 0.260 e. The van der Waals surface area contributed by atoms with E-state index in [1.165, 1.54) is 31.4 Å². The second-order valence-corrected chi connectivity index (χ2v) is 14.0. The Kier molecular flexibility index (Phi) is 7.73. The Morgan fingerprint density at radius 1 is 0.979 bits per heavy atom. The first-order chi connectivity index (χ1) is 22.4. The Morgan fingerprint density at radius 3 is 2.32 bits per heavy atom. The van der Waals surface area contributed by atoms with Gasteiger partial charge in [0.25, 0.3) is 23.6 Å². The number of hydrazine groups is 1. The topological polar surface area (TPSA) is 136 Å². The van der Waals surface area contributed by atoms with Gasteiger partial charge in [-0.05, 0) is 104 Å². The first-order valence-electron chi connectivity index (χ1n) is 14.6. The maximum atomic E-state index is 15.1. The highest BCUT2D eigenvalue weighted by atomic mass is 79.9. The highest BCUT2D eigenvalue weighted by molar-refractivity contribution is 9.13. The van der Waals surface area contributed by atoms with E-state index in [0.717, 1.165) is 5.01 Å². The van der Waals surface area contributed by atoms with Crippen molar-refractivity contribution in [2.45, 2.75) is 24.2 Å². The summed E-state index contributed by atoms with van der Waals surface area (Å²) in [6.07, 6.45) is 1.94. The third-order valence-corrected chi connectivity index (χ3v) is 12.3. The van der Waals surface area contributed by atoms with Gasteiger partial charge in [-0.15, -0.1) is 0 Å². The SMILES string of the molecule is COc1cc(C2C3=CCC4C(=O)N(O)C(=O)C4C3CC3C(=O)N(Nc4ccc(F)cc4)C(=O)C32c2ccc(Cl)cc2)c(Br)c(Br)c1O. The molecule has 2 aliphatic carbocycles. The lowest BCUT2D eigenvalue weighted by molar-refractivity contribution is -0.173. The number of benzene rings is 3. The zero-order valence-corrected chi connectivity index (χ0v) is 28.3. The molecule has 4 amide bonds. The molecule has 2 aliphatic heterocycles. The Morgan fingerprint density at radius 2 is 1.66 bits per heavy atom. The number of imide groups is 2. The second-order valence-electron chi connectivity index (χ2n) is 12.0. The van der Waals surface area contributed by atoms with E-state index in [0.29, 0.717) is 26.2 Å². The molecule has 4 aliphatic rings. The van der Waals surface area contributed by atoms with Crippen LogP contribution in [0.15, 0.2) is 75.2 Å². The van der Waals surface area contributed by atoms with Crippen molar-refractivity contribution in [3.8, 4) is 11.5 Å². The molecule has 0 radical (unpaired) electrons. The van der Waals surface area contributed by atoms with E-state index in [-0.39, 0.29) is 39.6 Å². The average Bonchev–Trinajstić information content (AvgIpc) is 3.42. The van der Waals surface area contributed by atoms with Crippen LogP contribution in [0.1, 0.15) is 29.9 Å². The van der Waals surface area contributed by atoms with Crippen LogP contribution in [0.4, 0.5) is 10.1 Å². The zero-order valence-electron chi connectivity index (χ0n) is 24.4. The number of hydrogen-bond donors (Lipinski definition) is 3. The van der Waals surface area contributed by atoms with Crippen LogP contribution < -0.4 is 10.2 Å². The maximum Gasteiger partial charge on any atom is 0.260 e. The minimum Gasteiger partial charge on any atom is -0.503 e. The monoisotopic (exact) mass is 787 g/mol. The molecule has 3 N–H and O–H groups in total. The molecule has 47 heavy (non-hydrogen) atoms. The van der Waals surface area contributed by atoms with Crippen molar-refractivity contribution < 1.29 is 38.6 Å². The maximum absolute atomic E-state index is 15.1. The summed E-state index contributed by atoms with van der Waals surface area (Å²) < 4.78 is 19.9. The molecule has 242 valence electrons. The van der Waals surface area contributed by atoms with Gasteiger partial charge in [-0.1, -0.05) is 35.4 Å². The number of phenols is 1. The number of rotatable bonds is 5. The van der Waals surface area contributed by atoms with Crippen LogP contribution in [0.25, 0.3) is 0 Å². The van der Waals surface area contributed by atoms with Crippen LogP contribution in [0.5, 0.6) is 11.5 Å². The number of nitrogens with one attached hydrogen (secondary N) is 1. The number of halogens is 4. The van der Waals surface area contributed by atoms with E-state index in [1.807, 2.05) is 6.08 Å². The number of nitrogens with zero attached hydrogens (tertiary/aromatic N) is 2. The average molecular weight is 790 g/mol. The standard InChI is InChI=1S/C33H25Br2ClFN3O7/c1-47-23-13-21(26(34)27(35)28(23)41)25-18-10-11-19-24(31(44)40(46)29(19)42)20(18)12-22-30(43)39(38-17-8-6-16(37)7-9-17)32(45)33(22,25)14-2-4-15(36)5-3-14/h2-10,13,19-20,22,24-25,38,41,46H,11-12H2,1H3. The van der Waals surface area contributed by atoms with Gasteiger partial charge in [-0.3, -0.25) is 29.8 Å². The quantitative estimate of drug-likeness (QED) is 0.161. The van der Waals surface area contributed by atoms with Crippen LogP contribution in [0.2, 0.25) is 5.02 Å². The van der Waals surface area contributed by atoms with Gasteiger partial charge in [0.1, 0.15) is 5.82 Å². The number of amides is 4. The Labute approximate surface area is 289 Å². The van der Waals surface area contributed by atoms with Gasteiger partial charge in [0.2, 0.25) is 0 Å². The number of phenolic OH excluding ortho intramolecular Hbond substituents is 1. The Bertz CT molecular complexity index is 1910. The normalized spacial score (nSPS) is 28.2. The molecule has 1 saturated carbocycles. The number of hydrogen-bond acceptors (Lipinski definition) is 8. The van der Waals surface area contributed by atoms with Gasteiger partial charge >= 0.3 is 0 Å². The number of methoxy groups -OCH3 is 1. The van der Waals surface area contributed by atoms with E-state index in [1.54, 1.807) is 30.3 Å². The third kappa shape index (κ3) is 4.50. The molecular formula is C33H25Br2ClFN3O7. The van der Waals surface area contributed by atoms with Crippen molar-refractivity contribution in [3.05, 3.63) is 97.2 Å². The Balaban J connectivity index is 1.52. The zero-order chi connectivity index (χ0) is 33.5. The molecule has 3 aromatic carbocycles. The van der Waals surface area contributed by atoms with E-state index in [2.05, 4.69) is 37.3 Å². The molecule has 0 spiro atoms. The summed E-state index contributed by atoms with van der Waals surface area (Å²) >= 11 is 13.3. The van der Waals surface area contributed by atoms with Crippen molar-refractivity contribution in [2.75, 3.05) is 12.5 Å². The number of anilines is 1. The lowest BCUT2D eigenvalue weighted by Gasteiger charge is -2.51. The minimum absolute atomic E-state index is 0.000829. The fraction of sp³-hybridized carbons (Fsp3) is 0.273. The molecule has 10 nitrogen and oxygen atoms in total. The summed E-state index contributed by atoms with van der Waals surface area (Å²) in [7, 11) is 1.38. The summed E-state index contributed by atoms with van der Waals surface area (Å²) in [4.78, 5) is 56.0. The van der Waals surface area contributed by atoms with Gasteiger partial charge in [-0.2, -0.15) is 10.1 Å². The molecule has 14 heteroatoms. The number of carbonyl (C=O) groups is 4. The van der Waals surface area contributed by atoms with Crippen LogP contribution in [0, 0.1) is 29.5 Å². The molecule has 2 heterocycles. The van der Waals surface area contributed by atoms with Crippen molar-refractivity contribution in [3.63, 3.8) is 0 Å². The third-order valence-electron chi connectivity index (χ3n) is 9.94. The highest BCUT2D eigenvalue weighted by Crippen LogP contribution is 2.65. The molecular weight excluding hydrogens is 765 g/mol. The molecule has 7 rings (SSSR count). The second kappa shape index (κ2) is 11.4. The minimum atomic E-state index is -1.64. The Hall–Kier alpha value is -3.78. The van der Waals surface area contributed by atoms with Gasteiger partial charge < -0.3 is 9.84 Å². The van der Waals surface area contributed by atoms with Crippen molar-refractivity contribution in [1.29, 1.82) is 0 Å². The van der Waals surface area contributed by atoms with E-state index < -0.39 is 64.5 Å². The molecule has 2 saturated heterocycles. The summed E-state index contributed by atoms with van der Waals surface area (Å²) in [6, 6.07) is 13.4. The predicted molar refractivity (Wildman–Crippen MR) is 173 cm³/mol.